The average Bonchev–Trinajstić information content (AvgIpc) is 2.37. The van der Waals surface area contributed by atoms with Gasteiger partial charge in [0, 0.05) is 0 Å². The number of hydrogen-bond donors (Lipinski definition) is 1. The van der Waals surface area contributed by atoms with Gasteiger partial charge in [0.05, 0.1) is 10.6 Å². The molecule has 0 heterocycles. The molecule has 0 aliphatic heterocycles. The summed E-state index contributed by atoms with van der Waals surface area (Å²) in [4.78, 5) is 0. The number of benzene rings is 1. The minimum atomic E-state index is -4.70. The summed E-state index contributed by atoms with van der Waals surface area (Å²) in [5, 5.41) is 3.22. The van der Waals surface area contributed by atoms with E-state index in [0.717, 1.165) is 25.9 Å². The van der Waals surface area contributed by atoms with Gasteiger partial charge in [-0.15, -0.1) is 13.2 Å². The molecule has 0 spiro atoms. The second-order valence-corrected chi connectivity index (χ2v) is 5.42. The Balaban J connectivity index is 2.51. The van der Waals surface area contributed by atoms with Crippen molar-refractivity contribution in [3.63, 3.8) is 0 Å². The third-order valence-corrected chi connectivity index (χ3v) is 3.30. The van der Waals surface area contributed by atoms with Crippen molar-refractivity contribution in [1.82, 2.24) is 5.32 Å². The molecule has 120 valence electrons. The van der Waals surface area contributed by atoms with E-state index in [9.17, 15) is 13.2 Å². The van der Waals surface area contributed by atoms with Crippen molar-refractivity contribution in [1.29, 1.82) is 0 Å². The predicted octanol–water partition coefficient (Wildman–Crippen LogP) is 4.50. The largest absolute Gasteiger partial charge is 0.573 e. The molecular weight excluding hydrogens is 351 g/mol. The maximum absolute atomic E-state index is 12.2. The van der Waals surface area contributed by atoms with Crippen molar-refractivity contribution < 1.29 is 22.6 Å². The summed E-state index contributed by atoms with van der Waals surface area (Å²) in [5.41, 5.74) is 0. The van der Waals surface area contributed by atoms with Gasteiger partial charge in [0.15, 0.2) is 0 Å². The molecule has 0 aliphatic rings. The molecule has 1 aromatic carbocycles. The van der Waals surface area contributed by atoms with E-state index in [-0.39, 0.29) is 16.3 Å². The molecule has 1 rings (SSSR count). The summed E-state index contributed by atoms with van der Waals surface area (Å²) in [6, 6.07) is 4.17. The van der Waals surface area contributed by atoms with Gasteiger partial charge in [-0.3, -0.25) is 0 Å². The van der Waals surface area contributed by atoms with Crippen LogP contribution in [0.2, 0.25) is 0 Å². The standard InChI is InChI=1S/C14H19BrF3NO2/c1-3-19-8-4-5-10(2)20-11-6-7-13(12(15)9-11)21-14(16,17)18/h6-7,9-10,19H,3-5,8H2,1-2H3. The molecule has 3 nitrogen and oxygen atoms in total. The van der Waals surface area contributed by atoms with Gasteiger partial charge in [0.2, 0.25) is 0 Å². The number of rotatable bonds is 8. The Bertz CT molecular complexity index is 441. The summed E-state index contributed by atoms with van der Waals surface area (Å²) < 4.78 is 46.2. The van der Waals surface area contributed by atoms with Gasteiger partial charge in [-0.2, -0.15) is 0 Å². The van der Waals surface area contributed by atoms with Crippen LogP contribution >= 0.6 is 15.9 Å². The van der Waals surface area contributed by atoms with Crippen molar-refractivity contribution in [2.45, 2.75) is 39.2 Å². The fraction of sp³-hybridized carbons (Fsp3) is 0.571. The second kappa shape index (κ2) is 8.48. The van der Waals surface area contributed by atoms with Gasteiger partial charge in [0.25, 0.3) is 0 Å². The first kappa shape index (κ1) is 18.1. The molecule has 0 aliphatic carbocycles. The third kappa shape index (κ3) is 7.57. The Hall–Kier alpha value is -0.950. The third-order valence-electron chi connectivity index (χ3n) is 2.68. The number of halogens is 4. The Morgan fingerprint density at radius 3 is 2.62 bits per heavy atom. The fourth-order valence-corrected chi connectivity index (χ4v) is 2.18. The first-order valence-electron chi connectivity index (χ1n) is 6.74. The van der Waals surface area contributed by atoms with Gasteiger partial charge in [-0.05, 0) is 67.0 Å². The van der Waals surface area contributed by atoms with Crippen LogP contribution in [0.25, 0.3) is 0 Å². The highest BCUT2D eigenvalue weighted by atomic mass is 79.9. The number of alkyl halides is 3. The van der Waals surface area contributed by atoms with Crippen molar-refractivity contribution in [2.75, 3.05) is 13.1 Å². The first-order chi connectivity index (χ1) is 9.81. The van der Waals surface area contributed by atoms with Crippen LogP contribution in [0.3, 0.4) is 0 Å². The lowest BCUT2D eigenvalue weighted by atomic mass is 10.2. The van der Waals surface area contributed by atoms with E-state index >= 15 is 0 Å². The zero-order valence-corrected chi connectivity index (χ0v) is 13.6. The predicted molar refractivity (Wildman–Crippen MR) is 78.7 cm³/mol. The molecule has 7 heteroatoms. The van der Waals surface area contributed by atoms with Crippen LogP contribution in [0.1, 0.15) is 26.7 Å². The molecule has 1 atom stereocenters. The lowest BCUT2D eigenvalue weighted by Gasteiger charge is -2.16. The van der Waals surface area contributed by atoms with E-state index in [1.54, 1.807) is 0 Å². The summed E-state index contributed by atoms with van der Waals surface area (Å²) in [6.45, 7) is 5.83. The highest BCUT2D eigenvalue weighted by Crippen LogP contribution is 2.33. The Morgan fingerprint density at radius 1 is 1.33 bits per heavy atom. The molecule has 0 aromatic heterocycles. The molecule has 0 saturated carbocycles. The first-order valence-corrected chi connectivity index (χ1v) is 7.53. The molecule has 0 radical (unpaired) electrons. The van der Waals surface area contributed by atoms with Crippen LogP contribution in [0.4, 0.5) is 13.2 Å². The van der Waals surface area contributed by atoms with E-state index in [0.29, 0.717) is 5.75 Å². The molecule has 0 amide bonds. The van der Waals surface area contributed by atoms with Gasteiger partial charge >= 0.3 is 6.36 Å². The zero-order chi connectivity index (χ0) is 15.9. The number of hydrogen-bond acceptors (Lipinski definition) is 3. The maximum atomic E-state index is 12.2. The van der Waals surface area contributed by atoms with E-state index in [4.69, 9.17) is 4.74 Å². The Kier molecular flexibility index (Phi) is 7.31. The second-order valence-electron chi connectivity index (χ2n) is 4.56. The van der Waals surface area contributed by atoms with Crippen LogP contribution < -0.4 is 14.8 Å². The molecule has 1 unspecified atom stereocenters. The van der Waals surface area contributed by atoms with Crippen molar-refractivity contribution in [3.05, 3.63) is 22.7 Å². The normalized spacial score (nSPS) is 13.0. The van der Waals surface area contributed by atoms with Crippen LogP contribution in [0, 0.1) is 0 Å². The molecule has 1 aromatic rings. The quantitative estimate of drug-likeness (QED) is 0.684. The smallest absolute Gasteiger partial charge is 0.491 e. The van der Waals surface area contributed by atoms with Crippen molar-refractivity contribution in [2.24, 2.45) is 0 Å². The van der Waals surface area contributed by atoms with Crippen LogP contribution in [-0.4, -0.2) is 25.6 Å². The molecular formula is C14H19BrF3NO2. The topological polar surface area (TPSA) is 30.5 Å². The molecule has 1 N–H and O–H groups in total. The molecule has 0 fully saturated rings. The highest BCUT2D eigenvalue weighted by Gasteiger charge is 2.32. The Morgan fingerprint density at radius 2 is 2.05 bits per heavy atom. The SMILES string of the molecule is CCNCCCC(C)Oc1ccc(OC(F)(F)F)c(Br)c1. The molecule has 0 bridgehead atoms. The van der Waals surface area contributed by atoms with Crippen LogP contribution in [0.15, 0.2) is 22.7 Å². The maximum Gasteiger partial charge on any atom is 0.573 e. The van der Waals surface area contributed by atoms with Crippen LogP contribution in [0.5, 0.6) is 11.5 Å². The number of nitrogens with one attached hydrogen (secondary N) is 1. The van der Waals surface area contributed by atoms with Gasteiger partial charge in [-0.25, -0.2) is 0 Å². The van der Waals surface area contributed by atoms with Crippen LogP contribution in [-0.2, 0) is 0 Å². The lowest BCUT2D eigenvalue weighted by Crippen LogP contribution is -2.18. The van der Waals surface area contributed by atoms with E-state index in [1.165, 1.54) is 18.2 Å². The van der Waals surface area contributed by atoms with Crippen molar-refractivity contribution >= 4 is 15.9 Å². The molecule has 0 saturated heterocycles. The highest BCUT2D eigenvalue weighted by molar-refractivity contribution is 9.10. The summed E-state index contributed by atoms with van der Waals surface area (Å²) in [7, 11) is 0. The number of ether oxygens (including phenoxy) is 2. The minimum absolute atomic E-state index is 0.00931. The average molecular weight is 370 g/mol. The van der Waals surface area contributed by atoms with Gasteiger partial charge in [-0.1, -0.05) is 6.92 Å². The van der Waals surface area contributed by atoms with E-state index in [2.05, 4.69) is 26.0 Å². The summed E-state index contributed by atoms with van der Waals surface area (Å²) in [5.74, 6) is 0.224. The summed E-state index contributed by atoms with van der Waals surface area (Å²) >= 11 is 3.05. The zero-order valence-electron chi connectivity index (χ0n) is 12.0. The molecule has 21 heavy (non-hydrogen) atoms. The van der Waals surface area contributed by atoms with E-state index < -0.39 is 6.36 Å². The van der Waals surface area contributed by atoms with Gasteiger partial charge in [0.1, 0.15) is 11.5 Å². The fourth-order valence-electron chi connectivity index (χ4n) is 1.74. The monoisotopic (exact) mass is 369 g/mol. The van der Waals surface area contributed by atoms with Gasteiger partial charge < -0.3 is 14.8 Å². The van der Waals surface area contributed by atoms with Crippen molar-refractivity contribution in [3.8, 4) is 11.5 Å². The Labute approximate surface area is 130 Å². The van der Waals surface area contributed by atoms with E-state index in [1.807, 2.05) is 13.8 Å². The lowest BCUT2D eigenvalue weighted by molar-refractivity contribution is -0.274. The summed E-state index contributed by atoms with van der Waals surface area (Å²) in [6.07, 6.45) is -2.87. The minimum Gasteiger partial charge on any atom is -0.491 e.